The molecule has 25 heavy (non-hydrogen) atoms. The molecular formula is C19H27N3O3. The van der Waals surface area contributed by atoms with Gasteiger partial charge in [-0.05, 0) is 37.3 Å². The van der Waals surface area contributed by atoms with E-state index < -0.39 is 0 Å². The number of hydrogen-bond donors (Lipinski definition) is 1. The third-order valence-corrected chi connectivity index (χ3v) is 4.67. The van der Waals surface area contributed by atoms with E-state index in [0.29, 0.717) is 31.4 Å². The predicted octanol–water partition coefficient (Wildman–Crippen LogP) is 2.33. The molecule has 0 atom stereocenters. The number of aromatic nitrogens is 2. The van der Waals surface area contributed by atoms with Gasteiger partial charge < -0.3 is 14.4 Å². The van der Waals surface area contributed by atoms with Crippen LogP contribution >= 0.6 is 0 Å². The van der Waals surface area contributed by atoms with Gasteiger partial charge in [0.25, 0.3) is 0 Å². The van der Waals surface area contributed by atoms with Gasteiger partial charge in [0.05, 0.1) is 19.1 Å². The first kappa shape index (κ1) is 18.0. The molecule has 1 aliphatic heterocycles. The normalized spacial score (nSPS) is 16.4. The second-order valence-corrected chi connectivity index (χ2v) is 6.63. The zero-order valence-electron chi connectivity index (χ0n) is 14.9. The molecule has 6 nitrogen and oxygen atoms in total. The molecule has 2 heterocycles. The molecule has 0 bridgehead atoms. The van der Waals surface area contributed by atoms with Crippen LogP contribution in [0.5, 0.6) is 0 Å². The minimum absolute atomic E-state index is 0.196. The van der Waals surface area contributed by atoms with Gasteiger partial charge in [0.1, 0.15) is 0 Å². The lowest BCUT2D eigenvalue weighted by Crippen LogP contribution is -2.37. The maximum atomic E-state index is 8.80. The lowest BCUT2D eigenvalue weighted by atomic mass is 10.1. The summed E-state index contributed by atoms with van der Waals surface area (Å²) in [5.74, 6) is 1.43. The van der Waals surface area contributed by atoms with E-state index in [2.05, 4.69) is 34.1 Å². The molecule has 1 aromatic carbocycles. The first-order valence-corrected chi connectivity index (χ1v) is 9.05. The molecule has 1 saturated heterocycles. The zero-order valence-corrected chi connectivity index (χ0v) is 14.9. The molecule has 136 valence electrons. The Kier molecular flexibility index (Phi) is 6.55. The molecule has 0 aliphatic carbocycles. The Labute approximate surface area is 148 Å². The highest BCUT2D eigenvalue weighted by Crippen LogP contribution is 2.17. The van der Waals surface area contributed by atoms with Crippen molar-refractivity contribution in [2.24, 2.45) is 0 Å². The third kappa shape index (κ3) is 5.36. The van der Waals surface area contributed by atoms with Crippen molar-refractivity contribution in [3.63, 3.8) is 0 Å². The molecule has 0 spiro atoms. The van der Waals surface area contributed by atoms with Crippen molar-refractivity contribution in [1.82, 2.24) is 15.0 Å². The number of ether oxygens (including phenoxy) is 1. The molecule has 0 amide bonds. The number of hydrogen-bond acceptors (Lipinski definition) is 6. The maximum absolute atomic E-state index is 8.80. The standard InChI is InChI=1S/C19H27N3O3/c1-15-5-2-3-6-16(15)13-19-20-18(21-25-19)14-22-9-7-17(8-10-22)24-12-4-11-23/h2-3,5-6,17,23H,4,7-14H2,1H3. The van der Waals surface area contributed by atoms with Crippen LogP contribution in [0.2, 0.25) is 0 Å². The Morgan fingerprint density at radius 3 is 2.84 bits per heavy atom. The smallest absolute Gasteiger partial charge is 0.231 e. The van der Waals surface area contributed by atoms with Crippen molar-refractivity contribution in [3.8, 4) is 0 Å². The minimum Gasteiger partial charge on any atom is -0.396 e. The fraction of sp³-hybridized carbons (Fsp3) is 0.579. The largest absolute Gasteiger partial charge is 0.396 e. The predicted molar refractivity (Wildman–Crippen MR) is 94.2 cm³/mol. The molecule has 0 radical (unpaired) electrons. The zero-order chi connectivity index (χ0) is 17.5. The van der Waals surface area contributed by atoms with E-state index >= 15 is 0 Å². The van der Waals surface area contributed by atoms with Crippen LogP contribution in [0.25, 0.3) is 0 Å². The number of nitrogens with zero attached hydrogens (tertiary/aromatic N) is 3. The van der Waals surface area contributed by atoms with E-state index in [1.807, 2.05) is 12.1 Å². The van der Waals surface area contributed by atoms with Crippen LogP contribution in [0.1, 0.15) is 42.1 Å². The van der Waals surface area contributed by atoms with Gasteiger partial charge in [0.2, 0.25) is 5.89 Å². The Balaban J connectivity index is 1.45. The molecule has 1 fully saturated rings. The molecule has 6 heteroatoms. The lowest BCUT2D eigenvalue weighted by molar-refractivity contribution is 0.000252. The lowest BCUT2D eigenvalue weighted by Gasteiger charge is -2.30. The van der Waals surface area contributed by atoms with Crippen LogP contribution in [-0.4, -0.2) is 52.6 Å². The quantitative estimate of drug-likeness (QED) is 0.741. The highest BCUT2D eigenvalue weighted by Gasteiger charge is 2.21. The molecular weight excluding hydrogens is 318 g/mol. The second kappa shape index (κ2) is 9.08. The summed E-state index contributed by atoms with van der Waals surface area (Å²) in [6.45, 7) is 5.62. The summed E-state index contributed by atoms with van der Waals surface area (Å²) in [6.07, 6.45) is 3.73. The molecule has 3 rings (SSSR count). The van der Waals surface area contributed by atoms with E-state index in [1.54, 1.807) is 0 Å². The monoisotopic (exact) mass is 345 g/mol. The molecule has 1 aliphatic rings. The molecule has 0 unspecified atom stereocenters. The summed E-state index contributed by atoms with van der Waals surface area (Å²) in [6, 6.07) is 8.27. The number of aryl methyl sites for hydroxylation is 1. The van der Waals surface area contributed by atoms with Gasteiger partial charge in [-0.3, -0.25) is 4.90 Å². The molecule has 1 N–H and O–H groups in total. The van der Waals surface area contributed by atoms with Crippen LogP contribution in [0.3, 0.4) is 0 Å². The summed E-state index contributed by atoms with van der Waals surface area (Å²) in [7, 11) is 0. The number of aliphatic hydroxyl groups is 1. The topological polar surface area (TPSA) is 71.6 Å². The molecule has 1 aromatic heterocycles. The van der Waals surface area contributed by atoms with Gasteiger partial charge in [0, 0.05) is 26.3 Å². The van der Waals surface area contributed by atoms with E-state index in [4.69, 9.17) is 14.4 Å². The Bertz CT molecular complexity index is 651. The fourth-order valence-electron chi connectivity index (χ4n) is 3.15. The maximum Gasteiger partial charge on any atom is 0.231 e. The van der Waals surface area contributed by atoms with Crippen LogP contribution in [0.15, 0.2) is 28.8 Å². The average molecular weight is 345 g/mol. The summed E-state index contributed by atoms with van der Waals surface area (Å²) >= 11 is 0. The van der Waals surface area contributed by atoms with Gasteiger partial charge >= 0.3 is 0 Å². The van der Waals surface area contributed by atoms with Crippen molar-refractivity contribution in [1.29, 1.82) is 0 Å². The Hall–Kier alpha value is -1.76. The second-order valence-electron chi connectivity index (χ2n) is 6.63. The minimum atomic E-state index is 0.196. The van der Waals surface area contributed by atoms with E-state index in [1.165, 1.54) is 11.1 Å². The van der Waals surface area contributed by atoms with E-state index in [9.17, 15) is 0 Å². The van der Waals surface area contributed by atoms with Crippen molar-refractivity contribution in [3.05, 3.63) is 47.1 Å². The number of rotatable bonds is 8. The number of piperidine rings is 1. The number of benzene rings is 1. The molecule has 2 aromatic rings. The molecule has 0 saturated carbocycles. The average Bonchev–Trinajstić information content (AvgIpc) is 3.06. The highest BCUT2D eigenvalue weighted by atomic mass is 16.5. The van der Waals surface area contributed by atoms with Crippen LogP contribution < -0.4 is 0 Å². The fourth-order valence-corrected chi connectivity index (χ4v) is 3.15. The summed E-state index contributed by atoms with van der Waals surface area (Å²) < 4.78 is 11.2. The highest BCUT2D eigenvalue weighted by molar-refractivity contribution is 5.27. The SMILES string of the molecule is Cc1ccccc1Cc1nc(CN2CCC(OCCCO)CC2)no1. The first-order chi connectivity index (χ1) is 12.2. The van der Waals surface area contributed by atoms with Gasteiger partial charge in [-0.15, -0.1) is 0 Å². The number of likely N-dealkylation sites (tertiary alicyclic amines) is 1. The van der Waals surface area contributed by atoms with Crippen molar-refractivity contribution in [2.75, 3.05) is 26.3 Å². The van der Waals surface area contributed by atoms with Gasteiger partial charge in [-0.1, -0.05) is 29.4 Å². The van der Waals surface area contributed by atoms with Gasteiger partial charge in [-0.2, -0.15) is 4.98 Å². The number of aliphatic hydroxyl groups excluding tert-OH is 1. The Morgan fingerprint density at radius 1 is 1.28 bits per heavy atom. The van der Waals surface area contributed by atoms with Gasteiger partial charge in [0.15, 0.2) is 5.82 Å². The van der Waals surface area contributed by atoms with Crippen LogP contribution in [0.4, 0.5) is 0 Å². The summed E-state index contributed by atoms with van der Waals surface area (Å²) in [4.78, 5) is 6.88. The summed E-state index contributed by atoms with van der Waals surface area (Å²) in [5.41, 5.74) is 2.46. The van der Waals surface area contributed by atoms with Crippen molar-refractivity contribution in [2.45, 2.75) is 45.3 Å². The van der Waals surface area contributed by atoms with Gasteiger partial charge in [-0.25, -0.2) is 0 Å². The van der Waals surface area contributed by atoms with Crippen LogP contribution in [-0.2, 0) is 17.7 Å². The van der Waals surface area contributed by atoms with Crippen molar-refractivity contribution < 1.29 is 14.4 Å². The summed E-state index contributed by atoms with van der Waals surface area (Å²) in [5, 5.41) is 12.9. The Morgan fingerprint density at radius 2 is 2.08 bits per heavy atom. The first-order valence-electron chi connectivity index (χ1n) is 9.05. The third-order valence-electron chi connectivity index (χ3n) is 4.67. The van der Waals surface area contributed by atoms with E-state index in [0.717, 1.165) is 38.3 Å². The van der Waals surface area contributed by atoms with Crippen LogP contribution in [0, 0.1) is 6.92 Å². The van der Waals surface area contributed by atoms with E-state index in [-0.39, 0.29) is 6.61 Å². The van der Waals surface area contributed by atoms with Crippen molar-refractivity contribution >= 4 is 0 Å².